The Labute approximate surface area is 174 Å². The third kappa shape index (κ3) is 5.30. The highest BCUT2D eigenvalue weighted by molar-refractivity contribution is 5.74. The van der Waals surface area contributed by atoms with E-state index in [1.165, 1.54) is 11.1 Å². The van der Waals surface area contributed by atoms with Gasteiger partial charge in [0, 0.05) is 38.8 Å². The average Bonchev–Trinajstić information content (AvgIpc) is 2.75. The molecule has 2 aromatic carbocycles. The summed E-state index contributed by atoms with van der Waals surface area (Å²) in [6.45, 7) is 7.33. The molecule has 5 nitrogen and oxygen atoms in total. The lowest BCUT2D eigenvalue weighted by Gasteiger charge is -2.38. The molecule has 0 spiro atoms. The van der Waals surface area contributed by atoms with Gasteiger partial charge >= 0.3 is 6.03 Å². The van der Waals surface area contributed by atoms with Gasteiger partial charge in [0.1, 0.15) is 5.75 Å². The highest BCUT2D eigenvalue weighted by atomic mass is 16.5. The minimum atomic E-state index is -0.109. The molecule has 3 rings (SSSR count). The van der Waals surface area contributed by atoms with Crippen molar-refractivity contribution in [1.29, 1.82) is 0 Å². The first-order valence-electron chi connectivity index (χ1n) is 10.4. The molecule has 5 heteroatoms. The molecule has 0 aromatic heterocycles. The van der Waals surface area contributed by atoms with Crippen LogP contribution in [0.25, 0.3) is 0 Å². The van der Waals surface area contributed by atoms with Crippen molar-refractivity contribution in [2.45, 2.75) is 38.6 Å². The van der Waals surface area contributed by atoms with Crippen LogP contribution < -0.4 is 10.1 Å². The smallest absolute Gasteiger partial charge is 0.317 e. The Bertz CT molecular complexity index is 798. The lowest BCUT2D eigenvalue weighted by atomic mass is 9.74. The lowest BCUT2D eigenvalue weighted by Crippen LogP contribution is -2.47. The monoisotopic (exact) mass is 396 g/mol. The van der Waals surface area contributed by atoms with Gasteiger partial charge in [0.2, 0.25) is 0 Å². The highest BCUT2D eigenvalue weighted by Gasteiger charge is 2.35. The molecular weight excluding hydrogens is 364 g/mol. The van der Waals surface area contributed by atoms with Crippen LogP contribution in [0.3, 0.4) is 0 Å². The van der Waals surface area contributed by atoms with Crippen molar-refractivity contribution < 1.29 is 14.3 Å². The van der Waals surface area contributed by atoms with Gasteiger partial charge in [-0.25, -0.2) is 4.79 Å². The molecule has 0 atom stereocenters. The largest absolute Gasteiger partial charge is 0.494 e. The Morgan fingerprint density at radius 2 is 1.83 bits per heavy atom. The second-order valence-corrected chi connectivity index (χ2v) is 7.79. The van der Waals surface area contributed by atoms with E-state index in [9.17, 15) is 4.79 Å². The van der Waals surface area contributed by atoms with Crippen molar-refractivity contribution in [3.8, 4) is 5.75 Å². The number of amides is 2. The van der Waals surface area contributed by atoms with Crippen LogP contribution in [-0.2, 0) is 16.7 Å². The number of carbonyl (C=O) groups excluding carboxylic acids is 1. The van der Waals surface area contributed by atoms with Gasteiger partial charge in [0.15, 0.2) is 0 Å². The maximum Gasteiger partial charge on any atom is 0.317 e. The van der Waals surface area contributed by atoms with Gasteiger partial charge in [-0.1, -0.05) is 36.4 Å². The number of aryl methyl sites for hydroxylation is 1. The van der Waals surface area contributed by atoms with Crippen LogP contribution in [0.4, 0.5) is 4.79 Å². The minimum absolute atomic E-state index is 0.0509. The first kappa shape index (κ1) is 21.2. The van der Waals surface area contributed by atoms with Gasteiger partial charge in [0.25, 0.3) is 0 Å². The van der Waals surface area contributed by atoms with Crippen LogP contribution in [0.2, 0.25) is 0 Å². The van der Waals surface area contributed by atoms with Crippen LogP contribution in [0.5, 0.6) is 5.75 Å². The van der Waals surface area contributed by atoms with Crippen LogP contribution in [0.1, 0.15) is 36.5 Å². The number of carbonyl (C=O) groups is 1. The summed E-state index contributed by atoms with van der Waals surface area (Å²) < 4.78 is 11.2. The number of nitrogens with one attached hydrogen (secondary N) is 1. The fraction of sp³-hybridized carbons (Fsp3) is 0.458. The van der Waals surface area contributed by atoms with E-state index < -0.39 is 0 Å². The van der Waals surface area contributed by atoms with E-state index in [2.05, 4.69) is 36.5 Å². The maximum absolute atomic E-state index is 12.8. The van der Waals surface area contributed by atoms with Crippen LogP contribution >= 0.6 is 0 Å². The van der Waals surface area contributed by atoms with Crippen molar-refractivity contribution in [3.05, 3.63) is 65.2 Å². The van der Waals surface area contributed by atoms with Crippen LogP contribution in [-0.4, -0.2) is 44.3 Å². The summed E-state index contributed by atoms with van der Waals surface area (Å²) in [5, 5.41) is 3.17. The second kappa shape index (κ2) is 9.79. The van der Waals surface area contributed by atoms with Crippen LogP contribution in [0.15, 0.2) is 48.5 Å². The maximum atomic E-state index is 12.8. The summed E-state index contributed by atoms with van der Waals surface area (Å²) >= 11 is 0. The SMILES string of the molecule is CCOc1ccc(C2(CNC(=O)N(C)Cc3ccccc3C)CCOCC2)cc1. The number of rotatable bonds is 7. The standard InChI is InChI=1S/C24H32N2O3/c1-4-29-22-11-9-21(10-12-22)24(13-15-28-16-14-24)18-25-23(27)26(3)17-20-8-6-5-7-19(20)2/h5-12H,4,13-18H2,1-3H3,(H,25,27). The van der Waals surface area contributed by atoms with E-state index in [0.29, 0.717) is 32.9 Å². The summed E-state index contributed by atoms with van der Waals surface area (Å²) in [5.74, 6) is 0.875. The van der Waals surface area contributed by atoms with Crippen LogP contribution in [0, 0.1) is 6.92 Å². The van der Waals surface area contributed by atoms with Gasteiger partial charge in [0.05, 0.1) is 6.61 Å². The Morgan fingerprint density at radius 3 is 2.48 bits per heavy atom. The first-order valence-corrected chi connectivity index (χ1v) is 10.4. The fourth-order valence-corrected chi connectivity index (χ4v) is 3.90. The molecule has 1 saturated heterocycles. The number of urea groups is 1. The van der Waals surface area contributed by atoms with Gasteiger partial charge in [-0.3, -0.25) is 0 Å². The summed E-state index contributed by atoms with van der Waals surface area (Å²) in [6.07, 6.45) is 1.78. The Kier molecular flexibility index (Phi) is 7.15. The van der Waals surface area contributed by atoms with Crippen molar-refractivity contribution >= 4 is 6.03 Å². The molecule has 2 aromatic rings. The molecule has 1 N–H and O–H groups in total. The lowest BCUT2D eigenvalue weighted by molar-refractivity contribution is 0.0502. The molecule has 1 aliphatic heterocycles. The topological polar surface area (TPSA) is 50.8 Å². The molecule has 2 amide bonds. The quantitative estimate of drug-likeness (QED) is 0.760. The predicted molar refractivity (Wildman–Crippen MR) is 115 cm³/mol. The third-order valence-electron chi connectivity index (χ3n) is 5.82. The zero-order chi connectivity index (χ0) is 20.7. The Hall–Kier alpha value is -2.53. The predicted octanol–water partition coefficient (Wildman–Crippen LogP) is 4.28. The Balaban J connectivity index is 1.67. The van der Waals surface area contributed by atoms with Gasteiger partial charge in [-0.2, -0.15) is 0 Å². The van der Waals surface area contributed by atoms with Gasteiger partial charge in [-0.05, 0) is 55.5 Å². The number of hydrogen-bond donors (Lipinski definition) is 1. The van der Waals surface area contributed by atoms with E-state index in [0.717, 1.165) is 24.2 Å². The molecule has 0 aliphatic carbocycles. The van der Waals surface area contributed by atoms with Crippen molar-refractivity contribution in [2.75, 3.05) is 33.4 Å². The minimum Gasteiger partial charge on any atom is -0.494 e. The number of hydrogen-bond acceptors (Lipinski definition) is 3. The summed E-state index contributed by atoms with van der Waals surface area (Å²) in [6, 6.07) is 16.4. The van der Waals surface area contributed by atoms with E-state index >= 15 is 0 Å². The normalized spacial score (nSPS) is 15.6. The molecule has 0 radical (unpaired) electrons. The summed E-state index contributed by atoms with van der Waals surface area (Å²) in [4.78, 5) is 14.5. The molecule has 0 saturated carbocycles. The highest BCUT2D eigenvalue weighted by Crippen LogP contribution is 2.35. The molecule has 0 bridgehead atoms. The second-order valence-electron chi connectivity index (χ2n) is 7.79. The summed E-state index contributed by atoms with van der Waals surface area (Å²) in [7, 11) is 1.84. The zero-order valence-corrected chi connectivity index (χ0v) is 17.7. The molecule has 1 heterocycles. The third-order valence-corrected chi connectivity index (χ3v) is 5.82. The zero-order valence-electron chi connectivity index (χ0n) is 17.7. The summed E-state index contributed by atoms with van der Waals surface area (Å²) in [5.41, 5.74) is 3.48. The molecular formula is C24H32N2O3. The molecule has 1 aliphatic rings. The van der Waals surface area contributed by atoms with Crippen molar-refractivity contribution in [1.82, 2.24) is 10.2 Å². The van der Waals surface area contributed by atoms with E-state index in [4.69, 9.17) is 9.47 Å². The molecule has 1 fully saturated rings. The van der Waals surface area contributed by atoms with Crippen molar-refractivity contribution in [3.63, 3.8) is 0 Å². The van der Waals surface area contributed by atoms with Gasteiger partial charge < -0.3 is 19.7 Å². The molecule has 29 heavy (non-hydrogen) atoms. The van der Waals surface area contributed by atoms with E-state index in [1.807, 2.05) is 38.2 Å². The number of nitrogens with zero attached hydrogens (tertiary/aromatic N) is 1. The number of benzene rings is 2. The average molecular weight is 397 g/mol. The first-order chi connectivity index (χ1) is 14.0. The molecule has 0 unspecified atom stereocenters. The fourth-order valence-electron chi connectivity index (χ4n) is 3.90. The number of ether oxygens (including phenoxy) is 2. The molecule has 156 valence electrons. The Morgan fingerprint density at radius 1 is 1.14 bits per heavy atom. The van der Waals surface area contributed by atoms with Crippen molar-refractivity contribution in [2.24, 2.45) is 0 Å². The van der Waals surface area contributed by atoms with Gasteiger partial charge in [-0.15, -0.1) is 0 Å². The van der Waals surface area contributed by atoms with E-state index in [-0.39, 0.29) is 11.4 Å². The van der Waals surface area contributed by atoms with E-state index in [1.54, 1.807) is 4.90 Å².